The third-order valence-corrected chi connectivity index (χ3v) is 5.77. The van der Waals surface area contributed by atoms with Gasteiger partial charge in [0.1, 0.15) is 0 Å². The van der Waals surface area contributed by atoms with Crippen molar-refractivity contribution in [3.8, 4) is 0 Å². The van der Waals surface area contributed by atoms with E-state index in [4.69, 9.17) is 4.74 Å². The summed E-state index contributed by atoms with van der Waals surface area (Å²) in [6, 6.07) is 7.67. The first kappa shape index (κ1) is 21.0. The largest absolute Gasteiger partial charge is 0.380 e. The van der Waals surface area contributed by atoms with Crippen molar-refractivity contribution < 1.29 is 4.74 Å². The van der Waals surface area contributed by atoms with Gasteiger partial charge in [0.05, 0.1) is 31.4 Å². The van der Waals surface area contributed by atoms with Crippen LogP contribution in [0.4, 0.5) is 5.95 Å². The molecule has 0 unspecified atom stereocenters. The summed E-state index contributed by atoms with van der Waals surface area (Å²) in [4.78, 5) is 31.2. The SMILES string of the molecule is CCOCCN1N=C(C)[C@H](C)n2c1nc1c2c(=O)n(Cc2ccc(C)cc2)c(=O)n1C. The molecule has 2 aromatic heterocycles. The van der Waals surface area contributed by atoms with Crippen molar-refractivity contribution in [2.75, 3.05) is 24.8 Å². The van der Waals surface area contributed by atoms with Crippen LogP contribution in [0.15, 0.2) is 39.0 Å². The van der Waals surface area contributed by atoms with Gasteiger partial charge in [-0.2, -0.15) is 10.1 Å². The molecule has 1 aromatic carbocycles. The smallest absolute Gasteiger partial charge is 0.332 e. The number of anilines is 1. The summed E-state index contributed by atoms with van der Waals surface area (Å²) in [5.74, 6) is 0.549. The van der Waals surface area contributed by atoms with Crippen LogP contribution in [0.25, 0.3) is 11.2 Å². The van der Waals surface area contributed by atoms with Gasteiger partial charge in [-0.1, -0.05) is 29.8 Å². The molecule has 3 aromatic rings. The van der Waals surface area contributed by atoms with Gasteiger partial charge in [0.15, 0.2) is 11.2 Å². The zero-order valence-corrected chi connectivity index (χ0v) is 18.6. The Morgan fingerprint density at radius 3 is 2.52 bits per heavy atom. The molecule has 0 radical (unpaired) electrons. The lowest BCUT2D eigenvalue weighted by atomic mass is 10.1. The Bertz CT molecular complexity index is 1270. The first-order chi connectivity index (χ1) is 14.8. The van der Waals surface area contributed by atoms with Crippen LogP contribution in [0.5, 0.6) is 0 Å². The van der Waals surface area contributed by atoms with E-state index in [1.54, 1.807) is 12.1 Å². The molecule has 4 rings (SSSR count). The third-order valence-electron chi connectivity index (χ3n) is 5.77. The Morgan fingerprint density at radius 2 is 1.84 bits per heavy atom. The predicted octanol–water partition coefficient (Wildman–Crippen LogP) is 2.05. The molecule has 3 heterocycles. The number of aryl methyl sites for hydroxylation is 2. The Balaban J connectivity index is 1.89. The van der Waals surface area contributed by atoms with Gasteiger partial charge in [-0.25, -0.2) is 9.80 Å². The number of benzene rings is 1. The first-order valence-electron chi connectivity index (χ1n) is 10.5. The number of nitrogens with zero attached hydrogens (tertiary/aromatic N) is 6. The Morgan fingerprint density at radius 1 is 1.13 bits per heavy atom. The number of imidazole rings is 1. The highest BCUT2D eigenvalue weighted by molar-refractivity contribution is 5.91. The Labute approximate surface area is 180 Å². The van der Waals surface area contributed by atoms with Gasteiger partial charge < -0.3 is 4.74 Å². The van der Waals surface area contributed by atoms with Crippen molar-refractivity contribution in [2.45, 2.75) is 40.3 Å². The number of hydrogen-bond donors (Lipinski definition) is 0. The summed E-state index contributed by atoms with van der Waals surface area (Å²) in [5, 5.41) is 6.39. The summed E-state index contributed by atoms with van der Waals surface area (Å²) >= 11 is 0. The average Bonchev–Trinajstić information content (AvgIpc) is 3.16. The van der Waals surface area contributed by atoms with Crippen LogP contribution < -0.4 is 16.3 Å². The number of ether oxygens (including phenoxy) is 1. The lowest BCUT2D eigenvalue weighted by molar-refractivity contribution is 0.153. The minimum atomic E-state index is -0.389. The highest BCUT2D eigenvalue weighted by Crippen LogP contribution is 2.29. The maximum absolute atomic E-state index is 13.5. The number of rotatable bonds is 6. The van der Waals surface area contributed by atoms with Crippen molar-refractivity contribution in [2.24, 2.45) is 12.1 Å². The first-order valence-corrected chi connectivity index (χ1v) is 10.5. The number of fused-ring (bicyclic) bond motifs is 3. The second kappa shape index (κ2) is 8.14. The monoisotopic (exact) mass is 424 g/mol. The van der Waals surface area contributed by atoms with E-state index in [0.717, 1.165) is 16.8 Å². The van der Waals surface area contributed by atoms with Crippen molar-refractivity contribution in [1.29, 1.82) is 0 Å². The van der Waals surface area contributed by atoms with Crippen LogP contribution in [-0.4, -0.2) is 44.2 Å². The maximum atomic E-state index is 13.5. The van der Waals surface area contributed by atoms with Crippen molar-refractivity contribution >= 4 is 22.8 Å². The minimum absolute atomic E-state index is 0.152. The molecule has 0 saturated carbocycles. The normalized spacial score (nSPS) is 16.0. The van der Waals surface area contributed by atoms with Crippen molar-refractivity contribution in [3.63, 3.8) is 0 Å². The lowest BCUT2D eigenvalue weighted by Gasteiger charge is -2.29. The van der Waals surface area contributed by atoms with Crippen LogP contribution in [0.3, 0.4) is 0 Å². The summed E-state index contributed by atoms with van der Waals surface area (Å²) in [6.07, 6.45) is 0. The van der Waals surface area contributed by atoms with E-state index < -0.39 is 0 Å². The van der Waals surface area contributed by atoms with Crippen molar-refractivity contribution in [1.82, 2.24) is 18.7 Å². The zero-order chi connectivity index (χ0) is 22.3. The molecule has 1 atom stereocenters. The summed E-state index contributed by atoms with van der Waals surface area (Å²) in [6.45, 7) is 9.67. The van der Waals surface area contributed by atoms with Gasteiger partial charge >= 0.3 is 5.69 Å². The average molecular weight is 425 g/mol. The second-order valence-corrected chi connectivity index (χ2v) is 7.91. The van der Waals surface area contributed by atoms with E-state index in [9.17, 15) is 9.59 Å². The molecule has 1 aliphatic heterocycles. The highest BCUT2D eigenvalue weighted by atomic mass is 16.5. The Kier molecular flexibility index (Phi) is 5.53. The fourth-order valence-electron chi connectivity index (χ4n) is 3.84. The molecular formula is C22H28N6O3. The third kappa shape index (κ3) is 3.59. The molecule has 9 nitrogen and oxygen atoms in total. The van der Waals surface area contributed by atoms with Gasteiger partial charge in [0, 0.05) is 13.7 Å². The minimum Gasteiger partial charge on any atom is -0.380 e. The number of hydrogen-bond acceptors (Lipinski definition) is 6. The van der Waals surface area contributed by atoms with Gasteiger partial charge in [0.2, 0.25) is 5.95 Å². The van der Waals surface area contributed by atoms with Crippen LogP contribution in [0.2, 0.25) is 0 Å². The van der Waals surface area contributed by atoms with Crippen LogP contribution in [0, 0.1) is 6.92 Å². The summed E-state index contributed by atoms with van der Waals surface area (Å²) in [5.41, 5.74) is 2.92. The van der Waals surface area contributed by atoms with Gasteiger partial charge in [-0.05, 0) is 33.3 Å². The second-order valence-electron chi connectivity index (χ2n) is 7.91. The fraction of sp³-hybridized carbons (Fsp3) is 0.455. The quantitative estimate of drug-likeness (QED) is 0.565. The number of hydrazone groups is 1. The molecule has 0 bridgehead atoms. The zero-order valence-electron chi connectivity index (χ0n) is 18.6. The molecule has 0 amide bonds. The number of aromatic nitrogens is 4. The van der Waals surface area contributed by atoms with Crippen LogP contribution >= 0.6 is 0 Å². The maximum Gasteiger partial charge on any atom is 0.332 e. The predicted molar refractivity (Wildman–Crippen MR) is 121 cm³/mol. The van der Waals surface area contributed by atoms with Crippen LogP contribution in [-0.2, 0) is 18.3 Å². The Hall–Kier alpha value is -3.20. The molecule has 0 aliphatic carbocycles. The molecule has 1 aliphatic rings. The highest BCUT2D eigenvalue weighted by Gasteiger charge is 2.30. The standard InChI is InChI=1S/C22H28N6O3/c1-6-31-12-11-27-21-23-19-18(28(21)16(4)15(3)24-27)20(29)26(22(30)25(19)5)13-17-9-7-14(2)8-10-17/h7-10,16H,6,11-13H2,1-5H3/t16-/m0/s1. The van der Waals surface area contributed by atoms with E-state index in [1.165, 1.54) is 9.13 Å². The van der Waals surface area contributed by atoms with Crippen LogP contribution in [0.1, 0.15) is 37.9 Å². The molecule has 0 N–H and O–H groups in total. The van der Waals surface area contributed by atoms with Gasteiger partial charge in [0.25, 0.3) is 5.56 Å². The summed E-state index contributed by atoms with van der Waals surface area (Å²) < 4.78 is 10.1. The van der Waals surface area contributed by atoms with E-state index in [1.807, 2.05) is 56.5 Å². The van der Waals surface area contributed by atoms with Gasteiger partial charge in [-0.15, -0.1) is 0 Å². The molecule has 0 fully saturated rings. The molecule has 0 spiro atoms. The molecule has 0 saturated heterocycles. The molecule has 164 valence electrons. The topological polar surface area (TPSA) is 86.7 Å². The van der Waals surface area contributed by atoms with E-state index in [0.29, 0.717) is 36.9 Å². The van der Waals surface area contributed by atoms with E-state index in [-0.39, 0.29) is 23.8 Å². The van der Waals surface area contributed by atoms with Gasteiger partial charge in [-0.3, -0.25) is 18.5 Å². The summed E-state index contributed by atoms with van der Waals surface area (Å²) in [7, 11) is 1.65. The molecular weight excluding hydrogens is 396 g/mol. The molecule has 9 heteroatoms. The van der Waals surface area contributed by atoms with E-state index in [2.05, 4.69) is 10.1 Å². The fourth-order valence-corrected chi connectivity index (χ4v) is 3.84. The molecule has 31 heavy (non-hydrogen) atoms. The van der Waals surface area contributed by atoms with Crippen molar-refractivity contribution in [3.05, 3.63) is 56.2 Å². The lowest BCUT2D eigenvalue weighted by Crippen LogP contribution is -2.40. The van der Waals surface area contributed by atoms with E-state index >= 15 is 0 Å².